The molecule has 1 amide bonds. The number of rotatable bonds is 4. The molecule has 1 aliphatic heterocycles. The van der Waals surface area contributed by atoms with Crippen molar-refractivity contribution in [3.05, 3.63) is 35.9 Å². The molecule has 122 valence electrons. The number of carbonyl (C=O) groups is 2. The van der Waals surface area contributed by atoms with Gasteiger partial charge in [0.05, 0.1) is 6.04 Å². The van der Waals surface area contributed by atoms with E-state index in [0.29, 0.717) is 13.0 Å². The zero-order valence-electron chi connectivity index (χ0n) is 12.7. The second-order valence-corrected chi connectivity index (χ2v) is 5.40. The summed E-state index contributed by atoms with van der Waals surface area (Å²) in [6.45, 7) is 2.48. The fraction of sp³-hybridized carbons (Fsp3) is 0.500. The molecular formula is C16H23ClN2O3. The molecule has 22 heavy (non-hydrogen) atoms. The summed E-state index contributed by atoms with van der Waals surface area (Å²) < 4.78 is 5.29. The van der Waals surface area contributed by atoms with Crippen LogP contribution in [0.1, 0.15) is 31.7 Å². The number of halogens is 1. The Kier molecular flexibility index (Phi) is 7.35. The lowest BCUT2D eigenvalue weighted by molar-refractivity contribution is -0.155. The maximum absolute atomic E-state index is 12.2. The summed E-state index contributed by atoms with van der Waals surface area (Å²) in [5, 5.41) is 0. The van der Waals surface area contributed by atoms with Crippen LogP contribution >= 0.6 is 12.4 Å². The van der Waals surface area contributed by atoms with Crippen molar-refractivity contribution in [2.24, 2.45) is 5.73 Å². The molecule has 5 nitrogen and oxygen atoms in total. The van der Waals surface area contributed by atoms with Crippen molar-refractivity contribution in [3.63, 3.8) is 0 Å². The molecular weight excluding hydrogens is 304 g/mol. The second-order valence-electron chi connectivity index (χ2n) is 5.40. The van der Waals surface area contributed by atoms with Crippen molar-refractivity contribution in [2.75, 3.05) is 6.54 Å². The van der Waals surface area contributed by atoms with Crippen LogP contribution < -0.4 is 5.73 Å². The summed E-state index contributed by atoms with van der Waals surface area (Å²) in [5.41, 5.74) is 6.76. The van der Waals surface area contributed by atoms with Crippen molar-refractivity contribution in [3.8, 4) is 0 Å². The van der Waals surface area contributed by atoms with Crippen LogP contribution in [0, 0.1) is 0 Å². The molecule has 2 atom stereocenters. The van der Waals surface area contributed by atoms with Gasteiger partial charge in [0.2, 0.25) is 5.91 Å². The first-order valence-corrected chi connectivity index (χ1v) is 7.36. The molecule has 6 heteroatoms. The van der Waals surface area contributed by atoms with Crippen molar-refractivity contribution < 1.29 is 14.3 Å². The lowest BCUT2D eigenvalue weighted by atomic mass is 10.1. The number of hydrogen-bond donors (Lipinski definition) is 1. The largest absolute Gasteiger partial charge is 0.459 e. The van der Waals surface area contributed by atoms with Gasteiger partial charge in [0.25, 0.3) is 0 Å². The van der Waals surface area contributed by atoms with Crippen molar-refractivity contribution in [2.45, 2.75) is 44.9 Å². The standard InChI is InChI=1S/C16H22N2O3.ClH/c1-12(18-10-6-5-9-14(17)15(18)19)16(20)21-11-13-7-3-2-4-8-13;/h2-4,7-8,12,14H,5-6,9-11,17H2,1H3;1H/t12?,14-;/m0./s1. The summed E-state index contributed by atoms with van der Waals surface area (Å²) in [4.78, 5) is 25.8. The predicted octanol–water partition coefficient (Wildman–Crippen LogP) is 1.88. The van der Waals surface area contributed by atoms with Gasteiger partial charge in [-0.1, -0.05) is 30.3 Å². The van der Waals surface area contributed by atoms with Gasteiger partial charge in [-0.15, -0.1) is 12.4 Å². The zero-order chi connectivity index (χ0) is 15.2. The van der Waals surface area contributed by atoms with E-state index in [4.69, 9.17) is 10.5 Å². The van der Waals surface area contributed by atoms with E-state index in [-0.39, 0.29) is 30.9 Å². The molecule has 1 aliphatic rings. The number of likely N-dealkylation sites (tertiary alicyclic amines) is 1. The molecule has 2 rings (SSSR count). The van der Waals surface area contributed by atoms with E-state index in [1.165, 1.54) is 0 Å². The molecule has 0 aromatic heterocycles. The van der Waals surface area contributed by atoms with Crippen molar-refractivity contribution in [1.29, 1.82) is 0 Å². The maximum atomic E-state index is 12.2. The van der Waals surface area contributed by atoms with Crippen LogP contribution in [0.25, 0.3) is 0 Å². The van der Waals surface area contributed by atoms with Crippen molar-refractivity contribution >= 4 is 24.3 Å². The topological polar surface area (TPSA) is 72.6 Å². The van der Waals surface area contributed by atoms with Gasteiger partial charge in [-0.3, -0.25) is 4.79 Å². The normalized spacial score (nSPS) is 19.8. The zero-order valence-corrected chi connectivity index (χ0v) is 13.6. The van der Waals surface area contributed by atoms with Crippen molar-refractivity contribution in [1.82, 2.24) is 4.90 Å². The average Bonchev–Trinajstić information content (AvgIpc) is 2.67. The molecule has 1 aromatic carbocycles. The van der Waals surface area contributed by atoms with E-state index < -0.39 is 12.1 Å². The Morgan fingerprint density at radius 3 is 2.73 bits per heavy atom. The lowest BCUT2D eigenvalue weighted by Gasteiger charge is -2.27. The highest BCUT2D eigenvalue weighted by Crippen LogP contribution is 2.15. The minimum atomic E-state index is -0.592. The van der Waals surface area contributed by atoms with Gasteiger partial charge in [0, 0.05) is 6.54 Å². The quantitative estimate of drug-likeness (QED) is 0.857. The van der Waals surface area contributed by atoms with Crippen LogP contribution in [-0.2, 0) is 20.9 Å². The Hall–Kier alpha value is -1.59. The molecule has 2 N–H and O–H groups in total. The first kappa shape index (κ1) is 18.5. The Balaban J connectivity index is 0.00000242. The SMILES string of the molecule is CC(C(=O)OCc1ccccc1)N1CCCC[C@H](N)C1=O.Cl. The molecule has 0 bridgehead atoms. The third kappa shape index (κ3) is 4.71. The highest BCUT2D eigenvalue weighted by molar-refractivity contribution is 5.87. The molecule has 0 radical (unpaired) electrons. The number of amides is 1. The van der Waals surface area contributed by atoms with Crippen LogP contribution in [0.3, 0.4) is 0 Å². The molecule has 0 spiro atoms. The number of hydrogen-bond acceptors (Lipinski definition) is 4. The van der Waals surface area contributed by atoms with Gasteiger partial charge in [0.1, 0.15) is 12.6 Å². The summed E-state index contributed by atoms with van der Waals surface area (Å²) in [6.07, 6.45) is 2.46. The van der Waals surface area contributed by atoms with Gasteiger partial charge in [0.15, 0.2) is 0 Å². The molecule has 1 saturated heterocycles. The Morgan fingerprint density at radius 1 is 1.36 bits per heavy atom. The molecule has 0 aliphatic carbocycles. The molecule has 1 aromatic rings. The van der Waals surface area contributed by atoms with Gasteiger partial charge in [-0.05, 0) is 31.7 Å². The van der Waals surface area contributed by atoms with E-state index in [0.717, 1.165) is 18.4 Å². The summed E-state index contributed by atoms with van der Waals surface area (Å²) in [7, 11) is 0. The van der Waals surface area contributed by atoms with E-state index in [1.807, 2.05) is 30.3 Å². The summed E-state index contributed by atoms with van der Waals surface area (Å²) in [6, 6.07) is 8.39. The lowest BCUT2D eigenvalue weighted by Crippen LogP contribution is -2.49. The van der Waals surface area contributed by atoms with Crippen LogP contribution in [0.5, 0.6) is 0 Å². The summed E-state index contributed by atoms with van der Waals surface area (Å²) in [5.74, 6) is -0.544. The van der Waals surface area contributed by atoms with Gasteiger partial charge >= 0.3 is 5.97 Å². The molecule has 1 heterocycles. The Morgan fingerprint density at radius 2 is 2.05 bits per heavy atom. The fourth-order valence-corrected chi connectivity index (χ4v) is 2.45. The maximum Gasteiger partial charge on any atom is 0.328 e. The average molecular weight is 327 g/mol. The van der Waals surface area contributed by atoms with Crippen LogP contribution in [0.2, 0.25) is 0 Å². The van der Waals surface area contributed by atoms with Gasteiger partial charge in [-0.25, -0.2) is 4.79 Å². The van der Waals surface area contributed by atoms with Gasteiger partial charge in [-0.2, -0.15) is 0 Å². The monoisotopic (exact) mass is 326 g/mol. The van der Waals surface area contributed by atoms with E-state index in [1.54, 1.807) is 11.8 Å². The Bertz CT molecular complexity index is 495. The van der Waals surface area contributed by atoms with E-state index in [9.17, 15) is 9.59 Å². The van der Waals surface area contributed by atoms with Crippen LogP contribution in [0.15, 0.2) is 30.3 Å². The highest BCUT2D eigenvalue weighted by atomic mass is 35.5. The number of carbonyl (C=O) groups excluding carboxylic acids is 2. The highest BCUT2D eigenvalue weighted by Gasteiger charge is 2.31. The van der Waals surface area contributed by atoms with Crippen LogP contribution in [-0.4, -0.2) is 35.4 Å². The molecule has 1 fully saturated rings. The third-order valence-electron chi connectivity index (χ3n) is 3.80. The van der Waals surface area contributed by atoms with E-state index in [2.05, 4.69) is 0 Å². The predicted molar refractivity (Wildman–Crippen MR) is 86.5 cm³/mol. The minimum Gasteiger partial charge on any atom is -0.459 e. The van der Waals surface area contributed by atoms with Gasteiger partial charge < -0.3 is 15.4 Å². The minimum absolute atomic E-state index is 0. The third-order valence-corrected chi connectivity index (χ3v) is 3.80. The fourth-order valence-electron chi connectivity index (χ4n) is 2.45. The first-order valence-electron chi connectivity index (χ1n) is 7.36. The molecule has 1 unspecified atom stereocenters. The number of nitrogens with zero attached hydrogens (tertiary/aromatic N) is 1. The summed E-state index contributed by atoms with van der Waals surface area (Å²) >= 11 is 0. The van der Waals surface area contributed by atoms with Crippen LogP contribution in [0.4, 0.5) is 0 Å². The number of nitrogens with two attached hydrogens (primary N) is 1. The second kappa shape index (κ2) is 8.76. The number of esters is 1. The smallest absolute Gasteiger partial charge is 0.328 e. The Labute approximate surface area is 137 Å². The van der Waals surface area contributed by atoms with E-state index >= 15 is 0 Å². The molecule has 0 saturated carbocycles. The number of benzene rings is 1. The first-order chi connectivity index (χ1) is 10.1. The number of ether oxygens (including phenoxy) is 1.